The number of cyclic esters (lactones) is 2. The lowest BCUT2D eigenvalue weighted by atomic mass is 9.64. The zero-order valence-electron chi connectivity index (χ0n) is 11.9. The van der Waals surface area contributed by atoms with Gasteiger partial charge in [-0.1, -0.05) is 41.5 Å². The summed E-state index contributed by atoms with van der Waals surface area (Å²) in [7, 11) is 0. The van der Waals surface area contributed by atoms with Crippen molar-refractivity contribution in [3.63, 3.8) is 0 Å². The fourth-order valence-corrected chi connectivity index (χ4v) is 4.28. The van der Waals surface area contributed by atoms with Crippen molar-refractivity contribution in [2.75, 3.05) is 0 Å². The molecule has 0 unspecified atom stereocenters. The second kappa shape index (κ2) is 4.83. The molecule has 1 aromatic rings. The third kappa shape index (κ3) is 1.95. The van der Waals surface area contributed by atoms with Crippen molar-refractivity contribution in [3.8, 4) is 0 Å². The van der Waals surface area contributed by atoms with Gasteiger partial charge in [-0.05, 0) is 37.7 Å². The Bertz CT molecular complexity index is 629. The van der Waals surface area contributed by atoms with Crippen molar-refractivity contribution >= 4 is 11.9 Å². The van der Waals surface area contributed by atoms with Crippen LogP contribution < -0.4 is 0 Å². The van der Waals surface area contributed by atoms with E-state index in [1.807, 2.05) is 18.2 Å². The van der Waals surface area contributed by atoms with Gasteiger partial charge in [-0.15, -0.1) is 0 Å². The van der Waals surface area contributed by atoms with Crippen LogP contribution >= 0.6 is 0 Å². The maximum atomic E-state index is 12.2. The van der Waals surface area contributed by atoms with E-state index in [1.54, 1.807) is 0 Å². The van der Waals surface area contributed by atoms with Crippen LogP contribution in [0.4, 0.5) is 0 Å². The van der Waals surface area contributed by atoms with Crippen LogP contribution in [-0.4, -0.2) is 11.9 Å². The van der Waals surface area contributed by atoms with Crippen molar-refractivity contribution in [2.24, 2.45) is 11.8 Å². The molecule has 0 saturated carbocycles. The molecule has 3 atom stereocenters. The van der Waals surface area contributed by atoms with Crippen LogP contribution in [0.25, 0.3) is 0 Å². The maximum Gasteiger partial charge on any atom is 0.318 e. The van der Waals surface area contributed by atoms with Gasteiger partial charge < -0.3 is 4.74 Å². The minimum absolute atomic E-state index is 0.0409. The number of carbonyl (C=O) groups is 2. The Morgan fingerprint density at radius 3 is 2.52 bits per heavy atom. The summed E-state index contributed by atoms with van der Waals surface area (Å²) < 4.78 is 4.96. The lowest BCUT2D eigenvalue weighted by Crippen LogP contribution is -2.32. The van der Waals surface area contributed by atoms with E-state index < -0.39 is 0 Å². The van der Waals surface area contributed by atoms with E-state index in [0.29, 0.717) is 0 Å². The van der Waals surface area contributed by atoms with E-state index in [0.717, 1.165) is 24.8 Å². The minimum atomic E-state index is -0.323. The van der Waals surface area contributed by atoms with Gasteiger partial charge in [0.25, 0.3) is 0 Å². The fourth-order valence-electron chi connectivity index (χ4n) is 4.28. The summed E-state index contributed by atoms with van der Waals surface area (Å²) in [5, 5.41) is 0. The molecule has 1 aliphatic heterocycles. The van der Waals surface area contributed by atoms with Gasteiger partial charge in [0.2, 0.25) is 0 Å². The van der Waals surface area contributed by atoms with Gasteiger partial charge in [0.1, 0.15) is 0 Å². The highest BCUT2D eigenvalue weighted by molar-refractivity contribution is 5.98. The molecule has 3 aliphatic rings. The molecule has 1 aromatic carbocycles. The van der Waals surface area contributed by atoms with Crippen LogP contribution in [0.3, 0.4) is 0 Å². The molecule has 4 rings (SSSR count). The zero-order chi connectivity index (χ0) is 14.4. The van der Waals surface area contributed by atoms with E-state index in [2.05, 4.69) is 12.1 Å². The first kappa shape index (κ1) is 12.8. The smallest absolute Gasteiger partial charge is 0.318 e. The second-order valence-electron chi connectivity index (χ2n) is 6.30. The normalized spacial score (nSPS) is 31.7. The lowest BCUT2D eigenvalue weighted by Gasteiger charge is -2.37. The van der Waals surface area contributed by atoms with Gasteiger partial charge in [0.15, 0.2) is 0 Å². The van der Waals surface area contributed by atoms with Gasteiger partial charge >= 0.3 is 11.9 Å². The molecule has 21 heavy (non-hydrogen) atoms. The molecule has 0 spiro atoms. The Balaban J connectivity index is 1.85. The van der Waals surface area contributed by atoms with Gasteiger partial charge in [-0.2, -0.15) is 0 Å². The summed E-state index contributed by atoms with van der Waals surface area (Å²) >= 11 is 0. The first-order valence-electron chi connectivity index (χ1n) is 7.77. The summed E-state index contributed by atoms with van der Waals surface area (Å²) in [6, 6.07) is 10.1. The number of esters is 2. The van der Waals surface area contributed by atoms with Gasteiger partial charge in [0, 0.05) is 5.92 Å². The van der Waals surface area contributed by atoms with Crippen molar-refractivity contribution in [3.05, 3.63) is 47.0 Å². The molecule has 3 nitrogen and oxygen atoms in total. The Kier molecular flexibility index (Phi) is 2.95. The van der Waals surface area contributed by atoms with Crippen LogP contribution in [0.15, 0.2) is 41.5 Å². The Morgan fingerprint density at radius 2 is 1.71 bits per heavy atom. The minimum Gasteiger partial charge on any atom is -0.393 e. The summed E-state index contributed by atoms with van der Waals surface area (Å²) in [6.45, 7) is 0. The van der Waals surface area contributed by atoms with E-state index in [9.17, 15) is 9.59 Å². The van der Waals surface area contributed by atoms with Crippen molar-refractivity contribution in [2.45, 2.75) is 38.0 Å². The molecule has 108 valence electrons. The highest BCUT2D eigenvalue weighted by atomic mass is 16.6. The van der Waals surface area contributed by atoms with Crippen molar-refractivity contribution in [1.29, 1.82) is 0 Å². The summed E-state index contributed by atoms with van der Waals surface area (Å²) in [4.78, 5) is 24.2. The highest BCUT2D eigenvalue weighted by Gasteiger charge is 2.52. The number of carbonyl (C=O) groups excluding carboxylic acids is 2. The maximum absolute atomic E-state index is 12.2. The van der Waals surface area contributed by atoms with Gasteiger partial charge in [-0.3, -0.25) is 9.59 Å². The molecule has 0 bridgehead atoms. The number of ether oxygens (including phenoxy) is 1. The van der Waals surface area contributed by atoms with E-state index >= 15 is 0 Å². The third-order valence-corrected chi connectivity index (χ3v) is 5.20. The molecule has 0 aromatic heterocycles. The number of allylic oxidation sites excluding steroid dienone is 2. The third-order valence-electron chi connectivity index (χ3n) is 5.20. The topological polar surface area (TPSA) is 43.4 Å². The number of fused-ring (bicyclic) bond motifs is 1. The number of hydrogen-bond acceptors (Lipinski definition) is 3. The van der Waals surface area contributed by atoms with E-state index in [-0.39, 0.29) is 29.7 Å². The standard InChI is InChI=1S/C18H18O3/c19-17-14-10-12-8-4-5-9-13(12)15(16(14)18(20)21-17)11-6-2-1-3-7-11/h1-3,6-7,14-16H,4-5,8-10H2/t14-,15+,16-/m0/s1. The average Bonchev–Trinajstić information content (AvgIpc) is 2.80. The molecule has 0 N–H and O–H groups in total. The first-order valence-corrected chi connectivity index (χ1v) is 7.77. The molecule has 3 heteroatoms. The number of benzene rings is 1. The molecule has 0 radical (unpaired) electrons. The van der Waals surface area contributed by atoms with E-state index in [4.69, 9.17) is 4.74 Å². The molecule has 1 fully saturated rings. The van der Waals surface area contributed by atoms with Crippen LogP contribution in [0, 0.1) is 11.8 Å². The summed E-state index contributed by atoms with van der Waals surface area (Å²) in [5.74, 6) is -1.17. The zero-order valence-corrected chi connectivity index (χ0v) is 11.9. The largest absolute Gasteiger partial charge is 0.393 e. The van der Waals surface area contributed by atoms with Crippen LogP contribution in [0.1, 0.15) is 43.6 Å². The molecule has 2 aliphatic carbocycles. The first-order chi connectivity index (χ1) is 10.3. The average molecular weight is 282 g/mol. The van der Waals surface area contributed by atoms with Crippen LogP contribution in [0.2, 0.25) is 0 Å². The highest BCUT2D eigenvalue weighted by Crippen LogP contribution is 2.52. The summed E-state index contributed by atoms with van der Waals surface area (Å²) in [5.41, 5.74) is 3.96. The molecular formula is C18H18O3. The molecule has 1 saturated heterocycles. The Morgan fingerprint density at radius 1 is 0.952 bits per heavy atom. The van der Waals surface area contributed by atoms with Gasteiger partial charge in [0.05, 0.1) is 11.8 Å². The van der Waals surface area contributed by atoms with E-state index in [1.165, 1.54) is 24.0 Å². The lowest BCUT2D eigenvalue weighted by molar-refractivity contribution is -0.153. The molecule has 0 amide bonds. The summed E-state index contributed by atoms with van der Waals surface area (Å²) in [6.07, 6.45) is 5.24. The predicted molar refractivity (Wildman–Crippen MR) is 77.4 cm³/mol. The van der Waals surface area contributed by atoms with Gasteiger partial charge in [-0.25, -0.2) is 0 Å². The van der Waals surface area contributed by atoms with Crippen LogP contribution in [0.5, 0.6) is 0 Å². The number of rotatable bonds is 1. The second-order valence-corrected chi connectivity index (χ2v) is 6.30. The Hall–Kier alpha value is -1.90. The monoisotopic (exact) mass is 282 g/mol. The predicted octanol–water partition coefficient (Wildman–Crippen LogP) is 3.36. The van der Waals surface area contributed by atoms with Crippen LogP contribution in [-0.2, 0) is 14.3 Å². The SMILES string of the molecule is O=C1OC(=O)[C@H]2CC3=C(CCCC3)[C@@H](c3ccccc3)[C@@H]12. The van der Waals surface area contributed by atoms with Crippen molar-refractivity contribution in [1.82, 2.24) is 0 Å². The number of hydrogen-bond donors (Lipinski definition) is 0. The fraction of sp³-hybridized carbons (Fsp3) is 0.444. The van der Waals surface area contributed by atoms with Crippen molar-refractivity contribution < 1.29 is 14.3 Å². The molecular weight excluding hydrogens is 264 g/mol. The molecule has 1 heterocycles. The Labute approximate surface area is 124 Å². The quantitative estimate of drug-likeness (QED) is 0.450.